The average molecular weight is 441 g/mol. The van der Waals surface area contributed by atoms with Crippen LogP contribution in [0.15, 0.2) is 88.4 Å². The summed E-state index contributed by atoms with van der Waals surface area (Å²) in [4.78, 5) is 2.14. The van der Waals surface area contributed by atoms with Gasteiger partial charge < -0.3 is 15.2 Å². The zero-order valence-electron chi connectivity index (χ0n) is 20.0. The third-order valence-electron chi connectivity index (χ3n) is 7.56. The molecule has 33 heavy (non-hydrogen) atoms. The summed E-state index contributed by atoms with van der Waals surface area (Å²) in [6.45, 7) is 8.69. The van der Waals surface area contributed by atoms with Gasteiger partial charge in [-0.15, -0.1) is 0 Å². The minimum atomic E-state index is -0.233. The Balaban J connectivity index is 1.59. The van der Waals surface area contributed by atoms with E-state index in [0.717, 1.165) is 22.8 Å². The van der Waals surface area contributed by atoms with E-state index in [1.54, 1.807) is 0 Å². The molecule has 0 saturated carbocycles. The zero-order valence-corrected chi connectivity index (χ0v) is 20.0. The summed E-state index contributed by atoms with van der Waals surface area (Å²) in [6, 6.07) is 16.6. The number of para-hydroxylation sites is 2. The van der Waals surface area contributed by atoms with Crippen molar-refractivity contribution in [2.75, 3.05) is 19.0 Å². The van der Waals surface area contributed by atoms with Crippen LogP contribution in [-0.4, -0.2) is 40.4 Å². The molecule has 168 valence electrons. The van der Waals surface area contributed by atoms with E-state index in [0.29, 0.717) is 16.9 Å². The molecule has 5 nitrogen and oxygen atoms in total. The highest BCUT2D eigenvalue weighted by atomic mass is 16.4. The molecule has 0 spiro atoms. The predicted molar refractivity (Wildman–Crippen MR) is 133 cm³/mol. The number of aliphatic hydroxyl groups is 1. The van der Waals surface area contributed by atoms with E-state index in [2.05, 4.69) is 66.6 Å². The standard InChI is InChI=1S/C28H29N3O2/c1-27(2)19-11-7-9-13-21(19)30(5)23(27)15-17-25(29-33)18(26(17)32)16-24-28(3,4)20-12-8-10-14-22(20)31(24)6/h7-16,32H,1-6H3/p+1. The number of fused-ring (bicyclic) bond motifs is 2. The second-order valence-corrected chi connectivity index (χ2v) is 10.1. The van der Waals surface area contributed by atoms with Crippen molar-refractivity contribution >= 4 is 22.8 Å². The maximum absolute atomic E-state index is 11.1. The van der Waals surface area contributed by atoms with Gasteiger partial charge in [0, 0.05) is 47.1 Å². The first-order valence-corrected chi connectivity index (χ1v) is 11.2. The number of hydrogen-bond acceptors (Lipinski definition) is 4. The van der Waals surface area contributed by atoms with Gasteiger partial charge in [0.05, 0.1) is 11.0 Å². The Morgan fingerprint density at radius 1 is 0.909 bits per heavy atom. The molecule has 5 heteroatoms. The summed E-state index contributed by atoms with van der Waals surface area (Å²) in [6.07, 6.45) is 3.90. The summed E-state index contributed by atoms with van der Waals surface area (Å²) in [7, 11) is 4.07. The molecule has 2 aliphatic heterocycles. The molecule has 3 aliphatic rings. The fraction of sp³-hybridized carbons (Fsp3) is 0.286. The number of rotatable bonds is 2. The molecule has 1 aliphatic carbocycles. The molecular formula is C28H30N3O2+. The van der Waals surface area contributed by atoms with Gasteiger partial charge in [-0.05, 0) is 31.6 Å². The van der Waals surface area contributed by atoms with Crippen LogP contribution < -0.4 is 4.90 Å². The fourth-order valence-electron chi connectivity index (χ4n) is 5.62. The van der Waals surface area contributed by atoms with E-state index in [1.807, 2.05) is 50.5 Å². The van der Waals surface area contributed by atoms with E-state index in [-0.39, 0.29) is 16.6 Å². The van der Waals surface area contributed by atoms with Gasteiger partial charge in [0.1, 0.15) is 18.5 Å². The smallest absolute Gasteiger partial charge is 0.209 e. The third-order valence-corrected chi connectivity index (χ3v) is 7.56. The van der Waals surface area contributed by atoms with Crippen LogP contribution in [0, 0.1) is 0 Å². The minimum absolute atomic E-state index is 0.156. The first-order chi connectivity index (χ1) is 15.6. The molecule has 0 unspecified atom stereocenters. The molecular weight excluding hydrogens is 410 g/mol. The topological polar surface area (TPSA) is 59.1 Å². The van der Waals surface area contributed by atoms with Crippen LogP contribution >= 0.6 is 0 Å². The summed E-state index contributed by atoms with van der Waals surface area (Å²) in [5, 5.41) is 24.5. The highest BCUT2D eigenvalue weighted by Gasteiger charge is 2.45. The third kappa shape index (κ3) is 2.78. The van der Waals surface area contributed by atoms with Gasteiger partial charge in [-0.1, -0.05) is 55.4 Å². The van der Waals surface area contributed by atoms with Gasteiger partial charge >= 0.3 is 0 Å². The minimum Gasteiger partial charge on any atom is -0.507 e. The predicted octanol–water partition coefficient (Wildman–Crippen LogP) is 5.59. The number of anilines is 1. The number of hydrogen-bond donors (Lipinski definition) is 2. The number of likely N-dealkylation sites (N-methyl/N-ethyl adjacent to an activating group) is 1. The van der Waals surface area contributed by atoms with Crippen molar-refractivity contribution in [3.63, 3.8) is 0 Å². The molecule has 0 saturated heterocycles. The SMILES string of the molecule is CN1C(=CC2=C(O)C(=CC3=[N+](C)c4ccccc4C3(C)C)/C2=N/O)C(C)(C)c2ccccc21. The molecule has 2 aromatic rings. The van der Waals surface area contributed by atoms with E-state index < -0.39 is 0 Å². The lowest BCUT2D eigenvalue weighted by atomic mass is 9.77. The highest BCUT2D eigenvalue weighted by molar-refractivity contribution is 6.26. The number of aliphatic hydroxyl groups excluding tert-OH is 1. The van der Waals surface area contributed by atoms with E-state index in [9.17, 15) is 10.3 Å². The quantitative estimate of drug-likeness (QED) is 0.364. The van der Waals surface area contributed by atoms with Crippen molar-refractivity contribution in [3.05, 3.63) is 94.4 Å². The second kappa shape index (κ2) is 6.95. The van der Waals surface area contributed by atoms with Gasteiger partial charge in [0.2, 0.25) is 5.69 Å². The van der Waals surface area contributed by atoms with Crippen molar-refractivity contribution in [3.8, 4) is 0 Å². The lowest BCUT2D eigenvalue weighted by molar-refractivity contribution is -0.401. The maximum atomic E-state index is 11.1. The van der Waals surface area contributed by atoms with E-state index >= 15 is 0 Å². The Bertz CT molecular complexity index is 1350. The molecule has 2 aromatic carbocycles. The molecule has 2 heterocycles. The maximum Gasteiger partial charge on any atom is 0.209 e. The first kappa shape index (κ1) is 21.3. The van der Waals surface area contributed by atoms with Crippen LogP contribution in [0.2, 0.25) is 0 Å². The van der Waals surface area contributed by atoms with Gasteiger partial charge in [-0.25, -0.2) is 0 Å². The van der Waals surface area contributed by atoms with Crippen LogP contribution in [0.1, 0.15) is 38.8 Å². The Labute approximate surface area is 195 Å². The van der Waals surface area contributed by atoms with Gasteiger partial charge in [0.25, 0.3) is 0 Å². The number of allylic oxidation sites excluding steroid dienone is 5. The Kier molecular flexibility index (Phi) is 4.47. The van der Waals surface area contributed by atoms with E-state index in [4.69, 9.17) is 0 Å². The Hall–Kier alpha value is -3.60. The van der Waals surface area contributed by atoms with Crippen LogP contribution in [0.4, 0.5) is 11.4 Å². The van der Waals surface area contributed by atoms with Crippen LogP contribution in [0.5, 0.6) is 0 Å². The molecule has 5 rings (SSSR count). The van der Waals surface area contributed by atoms with Gasteiger partial charge in [0.15, 0.2) is 5.71 Å². The van der Waals surface area contributed by atoms with Gasteiger partial charge in [-0.2, -0.15) is 4.58 Å². The lowest BCUT2D eigenvalue weighted by Crippen LogP contribution is -2.31. The largest absolute Gasteiger partial charge is 0.507 e. The van der Waals surface area contributed by atoms with Crippen LogP contribution in [0.25, 0.3) is 0 Å². The Morgan fingerprint density at radius 2 is 1.55 bits per heavy atom. The molecule has 0 bridgehead atoms. The molecule has 2 N–H and O–H groups in total. The number of benzene rings is 2. The zero-order chi connectivity index (χ0) is 23.7. The van der Waals surface area contributed by atoms with Crippen LogP contribution in [-0.2, 0) is 10.8 Å². The summed E-state index contributed by atoms with van der Waals surface area (Å²) in [5.41, 5.74) is 7.92. The normalized spacial score (nSPS) is 24.1. The lowest BCUT2D eigenvalue weighted by Gasteiger charge is -2.28. The van der Waals surface area contributed by atoms with Crippen molar-refractivity contribution in [2.45, 2.75) is 38.5 Å². The second-order valence-electron chi connectivity index (χ2n) is 10.1. The van der Waals surface area contributed by atoms with Gasteiger partial charge in [-0.3, -0.25) is 0 Å². The average Bonchev–Trinajstić information content (AvgIpc) is 3.11. The summed E-state index contributed by atoms with van der Waals surface area (Å²) < 4.78 is 2.14. The van der Waals surface area contributed by atoms with Crippen molar-refractivity contribution in [1.29, 1.82) is 0 Å². The van der Waals surface area contributed by atoms with Crippen molar-refractivity contribution in [2.24, 2.45) is 5.16 Å². The number of oxime groups is 1. The van der Waals surface area contributed by atoms with Crippen molar-refractivity contribution < 1.29 is 14.9 Å². The molecule has 0 amide bonds. The summed E-state index contributed by atoms with van der Waals surface area (Å²) >= 11 is 0. The van der Waals surface area contributed by atoms with Crippen molar-refractivity contribution in [1.82, 2.24) is 0 Å². The molecule has 0 fully saturated rings. The monoisotopic (exact) mass is 440 g/mol. The molecule has 0 atom stereocenters. The highest BCUT2D eigenvalue weighted by Crippen LogP contribution is 2.48. The first-order valence-electron chi connectivity index (χ1n) is 11.2. The fourth-order valence-corrected chi connectivity index (χ4v) is 5.62. The number of nitrogens with zero attached hydrogens (tertiary/aromatic N) is 3. The molecule has 0 aromatic heterocycles. The van der Waals surface area contributed by atoms with E-state index in [1.165, 1.54) is 11.1 Å². The molecule has 0 radical (unpaired) electrons. The summed E-state index contributed by atoms with van der Waals surface area (Å²) in [5.74, 6) is 0.156. The van der Waals surface area contributed by atoms with Crippen LogP contribution in [0.3, 0.4) is 0 Å². The Morgan fingerprint density at radius 3 is 2.18 bits per heavy atom.